The molecular formula is C18H21O4PS. The van der Waals surface area contributed by atoms with Crippen LogP contribution in [0.3, 0.4) is 0 Å². The highest BCUT2D eigenvalue weighted by molar-refractivity contribution is 8.55. The molecule has 6 heteroatoms. The average Bonchev–Trinajstić information content (AvgIpc) is 2.61. The molecular weight excluding hydrogens is 343 g/mol. The molecule has 0 saturated carbocycles. The van der Waals surface area contributed by atoms with Gasteiger partial charge in [-0.05, 0) is 36.9 Å². The van der Waals surface area contributed by atoms with Crippen LogP contribution in [0.25, 0.3) is 0 Å². The van der Waals surface area contributed by atoms with Gasteiger partial charge in [0, 0.05) is 11.3 Å². The van der Waals surface area contributed by atoms with Crippen LogP contribution in [0.1, 0.15) is 36.2 Å². The first-order valence-electron chi connectivity index (χ1n) is 7.87. The van der Waals surface area contributed by atoms with Crippen LogP contribution in [0.4, 0.5) is 0 Å². The van der Waals surface area contributed by atoms with E-state index in [0.29, 0.717) is 16.9 Å². The maximum atomic E-state index is 12.9. The van der Waals surface area contributed by atoms with Crippen LogP contribution in [0.5, 0.6) is 5.75 Å². The van der Waals surface area contributed by atoms with E-state index in [0.717, 1.165) is 17.8 Å². The summed E-state index contributed by atoms with van der Waals surface area (Å²) in [6.07, 6.45) is 0.857. The highest BCUT2D eigenvalue weighted by Crippen LogP contribution is 2.60. The Morgan fingerprint density at radius 3 is 2.38 bits per heavy atom. The van der Waals surface area contributed by atoms with Crippen molar-refractivity contribution < 1.29 is 18.4 Å². The zero-order valence-corrected chi connectivity index (χ0v) is 15.5. The molecule has 0 aliphatic carbocycles. The van der Waals surface area contributed by atoms with Crippen molar-refractivity contribution in [2.75, 3.05) is 12.4 Å². The third kappa shape index (κ3) is 4.97. The molecule has 0 aliphatic rings. The van der Waals surface area contributed by atoms with E-state index in [1.807, 2.05) is 13.0 Å². The molecule has 2 aromatic rings. The Kier molecular flexibility index (Phi) is 7.10. The summed E-state index contributed by atoms with van der Waals surface area (Å²) in [6.45, 7) is 0.693. The second-order valence-corrected chi connectivity index (χ2v) is 9.10. The summed E-state index contributed by atoms with van der Waals surface area (Å²) in [6, 6.07) is 15.8. The van der Waals surface area contributed by atoms with Crippen molar-refractivity contribution in [2.45, 2.75) is 20.3 Å². The Labute approximate surface area is 146 Å². The maximum Gasteiger partial charge on any atom is 0.440 e. The summed E-state index contributed by atoms with van der Waals surface area (Å²) in [4.78, 5) is 12.7. The molecule has 1 unspecified atom stereocenters. The largest absolute Gasteiger partial charge is 0.440 e. The van der Waals surface area contributed by atoms with Gasteiger partial charge < -0.3 is 4.52 Å². The number of carbonyl (C=O) groups excluding carboxylic acids is 1. The van der Waals surface area contributed by atoms with Crippen LogP contribution in [-0.2, 0) is 9.09 Å². The minimum absolute atomic E-state index is 0.172. The molecule has 0 spiro atoms. The third-order valence-electron chi connectivity index (χ3n) is 3.12. The highest BCUT2D eigenvalue weighted by Gasteiger charge is 2.28. The summed E-state index contributed by atoms with van der Waals surface area (Å²) < 4.78 is 23.9. The van der Waals surface area contributed by atoms with Crippen LogP contribution in [0.2, 0.25) is 0 Å². The van der Waals surface area contributed by atoms with Gasteiger partial charge in [-0.15, -0.1) is 0 Å². The molecule has 0 aromatic heterocycles. The van der Waals surface area contributed by atoms with E-state index >= 15 is 0 Å². The molecule has 0 radical (unpaired) electrons. The lowest BCUT2D eigenvalue weighted by atomic mass is 10.0. The minimum atomic E-state index is -3.35. The van der Waals surface area contributed by atoms with Crippen molar-refractivity contribution in [3.8, 4) is 5.75 Å². The second-order valence-electron chi connectivity index (χ2n) is 4.98. The van der Waals surface area contributed by atoms with Gasteiger partial charge in [0.1, 0.15) is 5.75 Å². The molecule has 128 valence electrons. The fraction of sp³-hybridized carbons (Fsp3) is 0.278. The van der Waals surface area contributed by atoms with Crippen LogP contribution in [-0.4, -0.2) is 18.1 Å². The predicted octanol–water partition coefficient (Wildman–Crippen LogP) is 5.58. The number of rotatable bonds is 9. The average molecular weight is 364 g/mol. The van der Waals surface area contributed by atoms with E-state index in [1.165, 1.54) is 0 Å². The number of hydrogen-bond donors (Lipinski definition) is 0. The first kappa shape index (κ1) is 18.8. The van der Waals surface area contributed by atoms with E-state index < -0.39 is 6.80 Å². The zero-order valence-electron chi connectivity index (χ0n) is 13.8. The molecule has 0 amide bonds. The normalized spacial score (nSPS) is 13.2. The fourth-order valence-electron chi connectivity index (χ4n) is 2.05. The lowest BCUT2D eigenvalue weighted by molar-refractivity contribution is 0.103. The summed E-state index contributed by atoms with van der Waals surface area (Å²) in [5, 5.41) is 0. The van der Waals surface area contributed by atoms with Crippen LogP contribution in [0, 0.1) is 0 Å². The smallest absolute Gasteiger partial charge is 0.416 e. The van der Waals surface area contributed by atoms with Crippen molar-refractivity contribution in [1.29, 1.82) is 0 Å². The molecule has 4 nitrogen and oxygen atoms in total. The van der Waals surface area contributed by atoms with Gasteiger partial charge in [-0.2, -0.15) is 0 Å². The number of hydrogen-bond acceptors (Lipinski definition) is 5. The van der Waals surface area contributed by atoms with Gasteiger partial charge in [0.05, 0.1) is 12.2 Å². The third-order valence-corrected chi connectivity index (χ3v) is 7.06. The van der Waals surface area contributed by atoms with E-state index in [9.17, 15) is 9.36 Å². The number of ketones is 1. The molecule has 0 N–H and O–H groups in total. The second kappa shape index (κ2) is 9.07. The van der Waals surface area contributed by atoms with Gasteiger partial charge in [-0.25, -0.2) is 4.57 Å². The lowest BCUT2D eigenvalue weighted by Gasteiger charge is -2.19. The molecule has 0 saturated heterocycles. The van der Waals surface area contributed by atoms with E-state index in [4.69, 9.17) is 9.05 Å². The number of carbonyl (C=O) groups is 1. The van der Waals surface area contributed by atoms with Crippen molar-refractivity contribution in [3.63, 3.8) is 0 Å². The number of para-hydroxylation sites is 1. The summed E-state index contributed by atoms with van der Waals surface area (Å²) in [5.41, 5.74) is 0.932. The predicted molar refractivity (Wildman–Crippen MR) is 98.9 cm³/mol. The van der Waals surface area contributed by atoms with Crippen LogP contribution >= 0.6 is 18.2 Å². The molecule has 1 atom stereocenters. The molecule has 0 bridgehead atoms. The van der Waals surface area contributed by atoms with Gasteiger partial charge in [0.25, 0.3) is 0 Å². The van der Waals surface area contributed by atoms with Gasteiger partial charge in [0.2, 0.25) is 0 Å². The van der Waals surface area contributed by atoms with Gasteiger partial charge >= 0.3 is 6.80 Å². The monoisotopic (exact) mass is 364 g/mol. The van der Waals surface area contributed by atoms with Gasteiger partial charge in [-0.3, -0.25) is 9.32 Å². The standard InChI is InChI=1S/C18H21O4PS/c1-3-14-24-23(20,21-4-2)22-17-13-9-8-12-16(17)18(19)15-10-6-5-7-11-15/h5-13H,3-4,14H2,1-2H3. The molecule has 0 heterocycles. The Hall–Kier alpha value is -1.55. The Morgan fingerprint density at radius 1 is 1.04 bits per heavy atom. The van der Waals surface area contributed by atoms with Gasteiger partial charge in [0.15, 0.2) is 5.78 Å². The van der Waals surface area contributed by atoms with Gasteiger partial charge in [-0.1, -0.05) is 49.4 Å². The molecule has 2 rings (SSSR count). The highest BCUT2D eigenvalue weighted by atomic mass is 32.7. The Balaban J connectivity index is 2.31. The van der Waals surface area contributed by atoms with E-state index in [-0.39, 0.29) is 18.1 Å². The topological polar surface area (TPSA) is 52.6 Å². The lowest BCUT2D eigenvalue weighted by Crippen LogP contribution is -2.05. The Morgan fingerprint density at radius 2 is 1.71 bits per heavy atom. The molecule has 2 aromatic carbocycles. The maximum absolute atomic E-state index is 12.9. The molecule has 24 heavy (non-hydrogen) atoms. The summed E-state index contributed by atoms with van der Waals surface area (Å²) >= 11 is 1.16. The van der Waals surface area contributed by atoms with Crippen molar-refractivity contribution in [1.82, 2.24) is 0 Å². The van der Waals surface area contributed by atoms with Crippen molar-refractivity contribution in [3.05, 3.63) is 65.7 Å². The molecule has 0 aliphatic heterocycles. The van der Waals surface area contributed by atoms with Crippen LogP contribution < -0.4 is 4.52 Å². The first-order chi connectivity index (χ1) is 11.6. The fourth-order valence-corrected chi connectivity index (χ4v) is 5.51. The van der Waals surface area contributed by atoms with E-state index in [1.54, 1.807) is 55.5 Å². The first-order valence-corrected chi connectivity index (χ1v) is 11.0. The summed E-state index contributed by atoms with van der Waals surface area (Å²) in [5.74, 6) is 0.771. The van der Waals surface area contributed by atoms with Crippen LogP contribution in [0.15, 0.2) is 54.6 Å². The van der Waals surface area contributed by atoms with Crippen molar-refractivity contribution in [2.24, 2.45) is 0 Å². The molecule has 0 fully saturated rings. The Bertz CT molecular complexity index is 718. The minimum Gasteiger partial charge on any atom is -0.416 e. The van der Waals surface area contributed by atoms with E-state index in [2.05, 4.69) is 0 Å². The SMILES string of the molecule is CCCSP(=O)(OCC)Oc1ccccc1C(=O)c1ccccc1. The quantitative estimate of drug-likeness (QED) is 0.429. The number of benzene rings is 2. The zero-order chi connectivity index (χ0) is 17.4. The summed E-state index contributed by atoms with van der Waals surface area (Å²) in [7, 11) is 0. The van der Waals surface area contributed by atoms with Crippen molar-refractivity contribution >= 4 is 24.0 Å².